The lowest BCUT2D eigenvalue weighted by Crippen LogP contribution is -2.20. The largest absolute Gasteiger partial charge is 0.329 e. The zero-order chi connectivity index (χ0) is 9.14. The zero-order valence-electron chi connectivity index (χ0n) is 6.43. The molecule has 0 radical (unpaired) electrons. The van der Waals surface area contributed by atoms with E-state index in [1.54, 1.807) is 0 Å². The highest BCUT2D eigenvalue weighted by molar-refractivity contribution is 5.21. The van der Waals surface area contributed by atoms with E-state index in [-0.39, 0.29) is 6.54 Å². The Hall–Kier alpha value is -1.00. The summed E-state index contributed by atoms with van der Waals surface area (Å²) in [5.41, 5.74) is 11.1. The van der Waals surface area contributed by atoms with Crippen molar-refractivity contribution < 1.29 is 8.78 Å². The molecule has 12 heavy (non-hydrogen) atoms. The monoisotopic (exact) mass is 172 g/mol. The molecule has 0 unspecified atom stereocenters. The Morgan fingerprint density at radius 3 is 2.08 bits per heavy atom. The molecule has 2 nitrogen and oxygen atoms in total. The van der Waals surface area contributed by atoms with Gasteiger partial charge in [0.1, 0.15) is 11.6 Å². The molecule has 0 aliphatic heterocycles. The highest BCUT2D eigenvalue weighted by atomic mass is 19.1. The lowest BCUT2D eigenvalue weighted by Gasteiger charge is -2.08. The van der Waals surface area contributed by atoms with E-state index in [0.29, 0.717) is 5.56 Å². The summed E-state index contributed by atoms with van der Waals surface area (Å²) < 4.78 is 25.2. The second-order valence-electron chi connectivity index (χ2n) is 2.54. The minimum atomic E-state index is -0.631. The molecule has 0 aliphatic carbocycles. The van der Waals surface area contributed by atoms with Crippen LogP contribution < -0.4 is 11.5 Å². The third kappa shape index (κ3) is 1.99. The predicted molar refractivity (Wildman–Crippen MR) is 42.3 cm³/mol. The standard InChI is InChI=1S/C8H10F2N2/c9-6-1-5(8(12)4-11)2-7(10)3-6/h1-3,8H,4,11-12H2/t8-/m1/s1. The summed E-state index contributed by atoms with van der Waals surface area (Å²) >= 11 is 0. The summed E-state index contributed by atoms with van der Waals surface area (Å²) in [4.78, 5) is 0. The first kappa shape index (κ1) is 9.09. The van der Waals surface area contributed by atoms with Crippen molar-refractivity contribution in [2.24, 2.45) is 11.5 Å². The van der Waals surface area contributed by atoms with Crippen LogP contribution >= 0.6 is 0 Å². The highest BCUT2D eigenvalue weighted by Gasteiger charge is 2.06. The van der Waals surface area contributed by atoms with Gasteiger partial charge >= 0.3 is 0 Å². The Bertz CT molecular complexity index is 256. The Kier molecular flexibility index (Phi) is 2.73. The average Bonchev–Trinajstić information content (AvgIpc) is 2.01. The van der Waals surface area contributed by atoms with Crippen LogP contribution in [0.2, 0.25) is 0 Å². The molecule has 1 atom stereocenters. The van der Waals surface area contributed by atoms with Crippen LogP contribution in [0, 0.1) is 11.6 Å². The van der Waals surface area contributed by atoms with E-state index in [0.717, 1.165) is 6.07 Å². The van der Waals surface area contributed by atoms with Crippen LogP contribution in [0.4, 0.5) is 8.78 Å². The summed E-state index contributed by atoms with van der Waals surface area (Å²) in [5, 5.41) is 0. The van der Waals surface area contributed by atoms with Crippen LogP contribution in [-0.4, -0.2) is 6.54 Å². The highest BCUT2D eigenvalue weighted by Crippen LogP contribution is 2.13. The van der Waals surface area contributed by atoms with Crippen LogP contribution in [0.5, 0.6) is 0 Å². The van der Waals surface area contributed by atoms with Crippen molar-refractivity contribution in [2.75, 3.05) is 6.54 Å². The number of rotatable bonds is 2. The van der Waals surface area contributed by atoms with E-state index < -0.39 is 17.7 Å². The molecule has 66 valence electrons. The maximum atomic E-state index is 12.6. The summed E-state index contributed by atoms with van der Waals surface area (Å²) in [5.74, 6) is -1.26. The first-order valence-corrected chi connectivity index (χ1v) is 3.55. The van der Waals surface area contributed by atoms with Crippen molar-refractivity contribution in [1.82, 2.24) is 0 Å². The van der Waals surface area contributed by atoms with Gasteiger partial charge in [0.25, 0.3) is 0 Å². The Morgan fingerprint density at radius 2 is 1.67 bits per heavy atom. The molecule has 1 aromatic rings. The van der Waals surface area contributed by atoms with E-state index >= 15 is 0 Å². The van der Waals surface area contributed by atoms with E-state index in [9.17, 15) is 8.78 Å². The van der Waals surface area contributed by atoms with E-state index in [1.165, 1.54) is 12.1 Å². The molecule has 0 bridgehead atoms. The first-order valence-electron chi connectivity index (χ1n) is 3.55. The van der Waals surface area contributed by atoms with Crippen LogP contribution in [0.3, 0.4) is 0 Å². The molecule has 4 N–H and O–H groups in total. The fourth-order valence-corrected chi connectivity index (χ4v) is 0.925. The van der Waals surface area contributed by atoms with Gasteiger partial charge in [-0.1, -0.05) is 0 Å². The van der Waals surface area contributed by atoms with Crippen molar-refractivity contribution in [1.29, 1.82) is 0 Å². The SMILES string of the molecule is NC[C@@H](N)c1cc(F)cc(F)c1. The Balaban J connectivity index is 3.00. The molecular formula is C8H10F2N2. The van der Waals surface area contributed by atoms with Crippen LogP contribution in [0.25, 0.3) is 0 Å². The van der Waals surface area contributed by atoms with Gasteiger partial charge in [-0.05, 0) is 17.7 Å². The summed E-state index contributed by atoms with van der Waals surface area (Å²) in [7, 11) is 0. The molecule has 0 fully saturated rings. The van der Waals surface area contributed by atoms with Gasteiger partial charge < -0.3 is 11.5 Å². The van der Waals surface area contributed by atoms with Crippen molar-refractivity contribution in [2.45, 2.75) is 6.04 Å². The maximum Gasteiger partial charge on any atom is 0.126 e. The zero-order valence-corrected chi connectivity index (χ0v) is 6.43. The fourth-order valence-electron chi connectivity index (χ4n) is 0.925. The normalized spacial score (nSPS) is 13.0. The minimum Gasteiger partial charge on any atom is -0.329 e. The minimum absolute atomic E-state index is 0.170. The third-order valence-corrected chi connectivity index (χ3v) is 1.57. The van der Waals surface area contributed by atoms with Crippen molar-refractivity contribution in [3.63, 3.8) is 0 Å². The summed E-state index contributed by atoms with van der Waals surface area (Å²) in [6.45, 7) is 0.170. The molecular weight excluding hydrogens is 162 g/mol. The van der Waals surface area contributed by atoms with E-state index in [2.05, 4.69) is 0 Å². The van der Waals surface area contributed by atoms with Gasteiger partial charge in [-0.25, -0.2) is 8.78 Å². The van der Waals surface area contributed by atoms with E-state index in [1.807, 2.05) is 0 Å². The molecule has 0 aromatic heterocycles. The quantitative estimate of drug-likeness (QED) is 0.697. The molecule has 0 amide bonds. The fraction of sp³-hybridized carbons (Fsp3) is 0.250. The first-order chi connectivity index (χ1) is 5.63. The van der Waals surface area contributed by atoms with Crippen molar-refractivity contribution in [3.8, 4) is 0 Å². The molecule has 1 aromatic carbocycles. The predicted octanol–water partition coefficient (Wildman–Crippen LogP) is 0.923. The number of halogens is 2. The van der Waals surface area contributed by atoms with Crippen molar-refractivity contribution in [3.05, 3.63) is 35.4 Å². The van der Waals surface area contributed by atoms with Gasteiger partial charge in [0.05, 0.1) is 0 Å². The smallest absolute Gasteiger partial charge is 0.126 e. The lowest BCUT2D eigenvalue weighted by molar-refractivity contribution is 0.574. The van der Waals surface area contributed by atoms with Gasteiger partial charge in [-0.15, -0.1) is 0 Å². The van der Waals surface area contributed by atoms with Crippen LogP contribution in [-0.2, 0) is 0 Å². The molecule has 0 saturated heterocycles. The molecule has 1 rings (SSSR count). The van der Waals surface area contributed by atoms with E-state index in [4.69, 9.17) is 11.5 Å². The summed E-state index contributed by atoms with van der Waals surface area (Å²) in [6.07, 6.45) is 0. The molecule has 0 aliphatic rings. The number of nitrogens with two attached hydrogens (primary N) is 2. The van der Waals surface area contributed by atoms with Crippen LogP contribution in [0.15, 0.2) is 18.2 Å². The van der Waals surface area contributed by atoms with Gasteiger partial charge in [-0.3, -0.25) is 0 Å². The summed E-state index contributed by atoms with van der Waals surface area (Å²) in [6, 6.07) is 2.66. The van der Waals surface area contributed by atoms with Gasteiger partial charge in [0, 0.05) is 18.7 Å². The molecule has 4 heteroatoms. The number of hydrogen-bond donors (Lipinski definition) is 2. The second-order valence-corrected chi connectivity index (χ2v) is 2.54. The van der Waals surface area contributed by atoms with Gasteiger partial charge in [-0.2, -0.15) is 0 Å². The number of hydrogen-bond acceptors (Lipinski definition) is 2. The lowest BCUT2D eigenvalue weighted by atomic mass is 10.1. The topological polar surface area (TPSA) is 52.0 Å². The Labute approximate surface area is 69.2 Å². The van der Waals surface area contributed by atoms with Crippen molar-refractivity contribution >= 4 is 0 Å². The molecule has 0 saturated carbocycles. The van der Waals surface area contributed by atoms with Crippen LogP contribution in [0.1, 0.15) is 11.6 Å². The second kappa shape index (κ2) is 3.60. The third-order valence-electron chi connectivity index (χ3n) is 1.57. The average molecular weight is 172 g/mol. The molecule has 0 spiro atoms. The molecule has 0 heterocycles. The van der Waals surface area contributed by atoms with Gasteiger partial charge in [0.15, 0.2) is 0 Å². The maximum absolute atomic E-state index is 12.6. The number of benzene rings is 1. The van der Waals surface area contributed by atoms with Gasteiger partial charge in [0.2, 0.25) is 0 Å². The Morgan fingerprint density at radius 1 is 1.17 bits per heavy atom.